The van der Waals surface area contributed by atoms with Gasteiger partial charge in [0.2, 0.25) is 0 Å². The highest BCUT2D eigenvalue weighted by atomic mass is 32.1. The Morgan fingerprint density at radius 1 is 1.44 bits per heavy atom. The van der Waals surface area contributed by atoms with Crippen molar-refractivity contribution in [1.82, 2.24) is 5.32 Å². The van der Waals surface area contributed by atoms with Crippen LogP contribution in [-0.4, -0.2) is 6.54 Å². The largest absolute Gasteiger partial charge is 0.310 e. The average molecular weight is 237 g/mol. The highest BCUT2D eigenvalue weighted by Crippen LogP contribution is 2.39. The van der Waals surface area contributed by atoms with Crippen molar-refractivity contribution in [2.24, 2.45) is 5.92 Å². The van der Waals surface area contributed by atoms with Gasteiger partial charge in [0.1, 0.15) is 0 Å². The van der Waals surface area contributed by atoms with Gasteiger partial charge in [0, 0.05) is 15.8 Å². The second-order valence-electron chi connectivity index (χ2n) is 5.05. The van der Waals surface area contributed by atoms with Crippen molar-refractivity contribution in [2.45, 2.75) is 52.5 Å². The van der Waals surface area contributed by atoms with E-state index in [4.69, 9.17) is 0 Å². The average Bonchev–Trinajstić information content (AvgIpc) is 2.99. The monoisotopic (exact) mass is 237 g/mol. The van der Waals surface area contributed by atoms with Gasteiger partial charge in [0.15, 0.2) is 0 Å². The molecule has 90 valence electrons. The van der Waals surface area contributed by atoms with E-state index in [1.54, 1.807) is 5.56 Å². The lowest BCUT2D eigenvalue weighted by atomic mass is 10.0. The first-order valence-electron chi connectivity index (χ1n) is 6.51. The maximum atomic E-state index is 3.72. The Morgan fingerprint density at radius 2 is 2.19 bits per heavy atom. The molecule has 1 nitrogen and oxygen atoms in total. The predicted octanol–water partition coefficient (Wildman–Crippen LogP) is 4.21. The Balaban J connectivity index is 2.06. The molecule has 1 aliphatic carbocycles. The van der Waals surface area contributed by atoms with Crippen LogP contribution < -0.4 is 5.32 Å². The van der Waals surface area contributed by atoms with Crippen molar-refractivity contribution in [3.63, 3.8) is 0 Å². The molecule has 2 heteroatoms. The molecule has 1 aromatic heterocycles. The molecule has 16 heavy (non-hydrogen) atoms. The molecule has 1 unspecified atom stereocenters. The van der Waals surface area contributed by atoms with Gasteiger partial charge in [0.25, 0.3) is 0 Å². The maximum Gasteiger partial charge on any atom is 0.0333 e. The van der Waals surface area contributed by atoms with E-state index in [0.717, 1.165) is 12.5 Å². The van der Waals surface area contributed by atoms with Crippen LogP contribution >= 0.6 is 11.3 Å². The van der Waals surface area contributed by atoms with Gasteiger partial charge in [-0.25, -0.2) is 0 Å². The lowest BCUT2D eigenvalue weighted by molar-refractivity contribution is 0.473. The van der Waals surface area contributed by atoms with Gasteiger partial charge >= 0.3 is 0 Å². The van der Waals surface area contributed by atoms with Gasteiger partial charge in [-0.3, -0.25) is 0 Å². The van der Waals surface area contributed by atoms with Gasteiger partial charge in [-0.1, -0.05) is 19.8 Å². The summed E-state index contributed by atoms with van der Waals surface area (Å²) in [6, 6.07) is 2.99. The van der Waals surface area contributed by atoms with E-state index in [0.29, 0.717) is 6.04 Å². The Labute approximate surface area is 103 Å². The van der Waals surface area contributed by atoms with E-state index in [1.807, 2.05) is 11.3 Å². The fraction of sp³-hybridized carbons (Fsp3) is 0.714. The van der Waals surface area contributed by atoms with Crippen molar-refractivity contribution in [3.05, 3.63) is 21.4 Å². The SMILES string of the molecule is CCCNC(CC1CC1)c1cc(C)sc1C. The zero-order valence-corrected chi connectivity index (χ0v) is 11.5. The maximum absolute atomic E-state index is 3.72. The molecule has 1 fully saturated rings. The molecule has 0 radical (unpaired) electrons. The summed E-state index contributed by atoms with van der Waals surface area (Å²) in [6.45, 7) is 7.87. The molecular weight excluding hydrogens is 214 g/mol. The molecule has 1 N–H and O–H groups in total. The summed E-state index contributed by atoms with van der Waals surface area (Å²) < 4.78 is 0. The number of rotatable bonds is 6. The number of nitrogens with one attached hydrogen (secondary N) is 1. The van der Waals surface area contributed by atoms with E-state index in [9.17, 15) is 0 Å². The number of hydrogen-bond donors (Lipinski definition) is 1. The van der Waals surface area contributed by atoms with Crippen LogP contribution in [-0.2, 0) is 0 Å². The fourth-order valence-corrected chi connectivity index (χ4v) is 3.31. The topological polar surface area (TPSA) is 12.0 Å². The van der Waals surface area contributed by atoms with E-state index >= 15 is 0 Å². The molecule has 0 aliphatic heterocycles. The summed E-state index contributed by atoms with van der Waals surface area (Å²) in [7, 11) is 0. The number of hydrogen-bond acceptors (Lipinski definition) is 2. The molecule has 0 bridgehead atoms. The minimum atomic E-state index is 0.609. The van der Waals surface area contributed by atoms with Crippen molar-refractivity contribution in [2.75, 3.05) is 6.54 Å². The Kier molecular flexibility index (Phi) is 4.04. The third-order valence-corrected chi connectivity index (χ3v) is 4.34. The summed E-state index contributed by atoms with van der Waals surface area (Å²) in [4.78, 5) is 2.96. The molecule has 0 amide bonds. The highest BCUT2D eigenvalue weighted by molar-refractivity contribution is 7.12. The molecule has 0 saturated heterocycles. The third-order valence-electron chi connectivity index (χ3n) is 3.36. The normalized spacial score (nSPS) is 17.7. The molecule has 1 atom stereocenters. The van der Waals surface area contributed by atoms with Crippen LogP contribution in [0.5, 0.6) is 0 Å². The first kappa shape index (κ1) is 12.1. The lowest BCUT2D eigenvalue weighted by Gasteiger charge is -2.18. The highest BCUT2D eigenvalue weighted by Gasteiger charge is 2.27. The summed E-state index contributed by atoms with van der Waals surface area (Å²) in [5, 5.41) is 3.72. The first-order chi connectivity index (χ1) is 7.70. The quantitative estimate of drug-likeness (QED) is 0.781. The summed E-state index contributed by atoms with van der Waals surface area (Å²) in [5.74, 6) is 0.994. The summed E-state index contributed by atoms with van der Waals surface area (Å²) in [5.41, 5.74) is 1.56. The van der Waals surface area contributed by atoms with Gasteiger partial charge in [-0.15, -0.1) is 11.3 Å². The minimum absolute atomic E-state index is 0.609. The van der Waals surface area contributed by atoms with Crippen molar-refractivity contribution in [3.8, 4) is 0 Å². The fourth-order valence-electron chi connectivity index (χ4n) is 2.32. The zero-order chi connectivity index (χ0) is 11.5. The predicted molar refractivity (Wildman–Crippen MR) is 72.2 cm³/mol. The molecule has 1 aromatic rings. The molecule has 0 spiro atoms. The van der Waals surface area contributed by atoms with Crippen molar-refractivity contribution in [1.29, 1.82) is 0 Å². The van der Waals surface area contributed by atoms with Gasteiger partial charge < -0.3 is 5.32 Å². The minimum Gasteiger partial charge on any atom is -0.310 e. The first-order valence-corrected chi connectivity index (χ1v) is 7.32. The molecule has 1 heterocycles. The van der Waals surface area contributed by atoms with Crippen LogP contribution in [0.25, 0.3) is 0 Å². The van der Waals surface area contributed by atoms with Crippen molar-refractivity contribution >= 4 is 11.3 Å². The van der Waals surface area contributed by atoms with Gasteiger partial charge in [-0.05, 0) is 50.8 Å². The van der Waals surface area contributed by atoms with Crippen LogP contribution in [0.3, 0.4) is 0 Å². The van der Waals surface area contributed by atoms with E-state index in [2.05, 4.69) is 32.2 Å². The van der Waals surface area contributed by atoms with Crippen LogP contribution in [0.1, 0.15) is 54.0 Å². The van der Waals surface area contributed by atoms with Crippen LogP contribution in [0.2, 0.25) is 0 Å². The van der Waals surface area contributed by atoms with Gasteiger partial charge in [0.05, 0.1) is 0 Å². The lowest BCUT2D eigenvalue weighted by Crippen LogP contribution is -2.22. The Hall–Kier alpha value is -0.340. The number of aryl methyl sites for hydroxylation is 2. The molecule has 0 aromatic carbocycles. The molecule has 1 saturated carbocycles. The van der Waals surface area contributed by atoms with E-state index < -0.39 is 0 Å². The van der Waals surface area contributed by atoms with Crippen LogP contribution in [0.15, 0.2) is 6.07 Å². The summed E-state index contributed by atoms with van der Waals surface area (Å²) in [6.07, 6.45) is 5.47. The van der Waals surface area contributed by atoms with Crippen LogP contribution in [0.4, 0.5) is 0 Å². The smallest absolute Gasteiger partial charge is 0.0333 e. The Morgan fingerprint density at radius 3 is 2.69 bits per heavy atom. The molecule has 1 aliphatic rings. The second-order valence-corrected chi connectivity index (χ2v) is 6.51. The Bertz CT molecular complexity index is 339. The van der Waals surface area contributed by atoms with Gasteiger partial charge in [-0.2, -0.15) is 0 Å². The standard InChI is InChI=1S/C14H23NS/c1-4-7-15-14(9-12-5-6-12)13-8-10(2)16-11(13)3/h8,12,14-15H,4-7,9H2,1-3H3. The number of thiophene rings is 1. The molecule has 2 rings (SSSR count). The third kappa shape index (κ3) is 3.08. The second kappa shape index (κ2) is 5.33. The summed E-state index contributed by atoms with van der Waals surface area (Å²) >= 11 is 1.94. The van der Waals surface area contributed by atoms with Crippen LogP contribution in [0, 0.1) is 19.8 Å². The van der Waals surface area contributed by atoms with E-state index in [-0.39, 0.29) is 0 Å². The van der Waals surface area contributed by atoms with Crippen molar-refractivity contribution < 1.29 is 0 Å². The molecular formula is C14H23NS. The zero-order valence-electron chi connectivity index (χ0n) is 10.7. The van der Waals surface area contributed by atoms with E-state index in [1.165, 1.54) is 35.4 Å².